The molecule has 1 atom stereocenters. The topological polar surface area (TPSA) is 60.0 Å². The standard InChI is InChI=1S/C18H32N2O4Si/c1-6-22-25(23-7-2,24-8-3)15-14-17(20(4)5)19-18(21)16-12-10-9-11-13-16/h9-13,17H,6-8,14-15H2,1-5H3,(H,19,21). The Labute approximate surface area is 152 Å². The number of amides is 1. The van der Waals surface area contributed by atoms with Gasteiger partial charge in [-0.2, -0.15) is 0 Å². The zero-order valence-corrected chi connectivity index (χ0v) is 17.1. The van der Waals surface area contributed by atoms with Gasteiger partial charge in [-0.1, -0.05) is 18.2 Å². The first-order valence-electron chi connectivity index (χ1n) is 8.92. The number of carbonyl (C=O) groups excluding carboxylic acids is 1. The van der Waals surface area contributed by atoms with Crippen molar-refractivity contribution in [1.82, 2.24) is 10.2 Å². The molecule has 0 fully saturated rings. The fourth-order valence-electron chi connectivity index (χ4n) is 2.60. The Kier molecular flexibility index (Phi) is 9.92. The van der Waals surface area contributed by atoms with Crippen molar-refractivity contribution in [3.8, 4) is 0 Å². The lowest BCUT2D eigenvalue weighted by Gasteiger charge is -2.32. The summed E-state index contributed by atoms with van der Waals surface area (Å²) in [5.74, 6) is -0.0872. The van der Waals surface area contributed by atoms with Crippen LogP contribution in [0.3, 0.4) is 0 Å². The highest BCUT2D eigenvalue weighted by Gasteiger charge is 2.40. The van der Waals surface area contributed by atoms with Gasteiger partial charge in [0.2, 0.25) is 0 Å². The lowest BCUT2D eigenvalue weighted by atomic mass is 10.2. The van der Waals surface area contributed by atoms with Crippen molar-refractivity contribution in [2.24, 2.45) is 0 Å². The molecule has 0 aliphatic rings. The van der Waals surface area contributed by atoms with Crippen molar-refractivity contribution in [2.45, 2.75) is 39.4 Å². The summed E-state index contributed by atoms with van der Waals surface area (Å²) in [7, 11) is 1.18. The van der Waals surface area contributed by atoms with Crippen LogP contribution in [-0.2, 0) is 13.3 Å². The molecule has 0 heterocycles. The van der Waals surface area contributed by atoms with Crippen LogP contribution in [0.25, 0.3) is 0 Å². The number of hydrogen-bond acceptors (Lipinski definition) is 5. The van der Waals surface area contributed by atoms with Crippen molar-refractivity contribution >= 4 is 14.7 Å². The molecule has 1 rings (SSSR count). The molecule has 1 aromatic rings. The molecule has 1 unspecified atom stereocenters. The number of benzene rings is 1. The maximum Gasteiger partial charge on any atom is 0.501 e. The number of rotatable bonds is 12. The van der Waals surface area contributed by atoms with Crippen LogP contribution in [0.2, 0.25) is 6.04 Å². The molecule has 6 nitrogen and oxygen atoms in total. The molecule has 0 aliphatic heterocycles. The van der Waals surface area contributed by atoms with E-state index in [4.69, 9.17) is 13.3 Å². The Balaban J connectivity index is 2.76. The van der Waals surface area contributed by atoms with Crippen LogP contribution >= 0.6 is 0 Å². The van der Waals surface area contributed by atoms with Gasteiger partial charge in [-0.05, 0) is 53.4 Å². The number of nitrogens with one attached hydrogen (secondary N) is 1. The first kappa shape index (κ1) is 21.8. The third-order valence-corrected chi connectivity index (χ3v) is 6.86. The van der Waals surface area contributed by atoms with Gasteiger partial charge >= 0.3 is 8.80 Å². The SMILES string of the molecule is CCO[Si](CCC(NC(=O)c1ccccc1)N(C)C)(OCC)OCC. The van der Waals surface area contributed by atoms with Crippen LogP contribution in [0, 0.1) is 0 Å². The van der Waals surface area contributed by atoms with Crippen molar-refractivity contribution in [1.29, 1.82) is 0 Å². The Morgan fingerprint density at radius 2 is 1.56 bits per heavy atom. The maximum atomic E-state index is 12.4. The molecule has 0 aromatic heterocycles. The zero-order valence-electron chi connectivity index (χ0n) is 16.1. The van der Waals surface area contributed by atoms with E-state index in [-0.39, 0.29) is 12.1 Å². The molecule has 1 aromatic carbocycles. The molecule has 0 saturated carbocycles. The van der Waals surface area contributed by atoms with Gasteiger partial charge in [-0.3, -0.25) is 9.69 Å². The summed E-state index contributed by atoms with van der Waals surface area (Å²) in [6.45, 7) is 7.49. The van der Waals surface area contributed by atoms with Gasteiger partial charge in [-0.15, -0.1) is 0 Å². The smallest absolute Gasteiger partial charge is 0.374 e. The largest absolute Gasteiger partial charge is 0.501 e. The maximum absolute atomic E-state index is 12.4. The van der Waals surface area contributed by atoms with Crippen LogP contribution in [-0.4, -0.2) is 59.7 Å². The van der Waals surface area contributed by atoms with Gasteiger partial charge in [0.25, 0.3) is 5.91 Å². The zero-order chi connectivity index (χ0) is 18.7. The summed E-state index contributed by atoms with van der Waals surface area (Å²) in [6.07, 6.45) is 0.568. The van der Waals surface area contributed by atoms with E-state index in [2.05, 4.69) is 5.32 Å². The second-order valence-electron chi connectivity index (χ2n) is 5.84. The summed E-state index contributed by atoms with van der Waals surface area (Å²) >= 11 is 0. The van der Waals surface area contributed by atoms with Crippen LogP contribution in [0.1, 0.15) is 37.6 Å². The molecule has 0 spiro atoms. The first-order valence-corrected chi connectivity index (χ1v) is 10.8. The highest BCUT2D eigenvalue weighted by molar-refractivity contribution is 6.60. The Bertz CT molecular complexity index is 482. The van der Waals surface area contributed by atoms with E-state index in [1.54, 1.807) is 0 Å². The molecule has 1 N–H and O–H groups in total. The molecular weight excluding hydrogens is 336 g/mol. The second-order valence-corrected chi connectivity index (χ2v) is 8.57. The summed E-state index contributed by atoms with van der Waals surface area (Å²) in [5, 5.41) is 3.07. The minimum Gasteiger partial charge on any atom is -0.374 e. The highest BCUT2D eigenvalue weighted by Crippen LogP contribution is 2.20. The Morgan fingerprint density at radius 3 is 2.00 bits per heavy atom. The predicted molar refractivity (Wildman–Crippen MR) is 101 cm³/mol. The molecule has 0 bridgehead atoms. The van der Waals surface area contributed by atoms with E-state index in [0.29, 0.717) is 37.8 Å². The molecular formula is C18H32N2O4Si. The van der Waals surface area contributed by atoms with E-state index in [9.17, 15) is 4.79 Å². The van der Waals surface area contributed by atoms with Crippen LogP contribution in [0.15, 0.2) is 30.3 Å². The summed E-state index contributed by atoms with van der Waals surface area (Å²) in [5.41, 5.74) is 0.650. The van der Waals surface area contributed by atoms with E-state index < -0.39 is 8.80 Å². The van der Waals surface area contributed by atoms with Gasteiger partial charge in [-0.25, -0.2) is 0 Å². The molecule has 1 amide bonds. The van der Waals surface area contributed by atoms with Crippen molar-refractivity contribution in [3.05, 3.63) is 35.9 Å². The third kappa shape index (κ3) is 7.25. The molecule has 25 heavy (non-hydrogen) atoms. The predicted octanol–water partition coefficient (Wildman–Crippen LogP) is 2.74. The highest BCUT2D eigenvalue weighted by atomic mass is 28.4. The summed E-state index contributed by atoms with van der Waals surface area (Å²) < 4.78 is 17.7. The Morgan fingerprint density at radius 1 is 1.04 bits per heavy atom. The molecule has 0 aliphatic carbocycles. The van der Waals surface area contributed by atoms with E-state index in [0.717, 1.165) is 0 Å². The van der Waals surface area contributed by atoms with Gasteiger partial charge in [0, 0.05) is 31.4 Å². The summed E-state index contributed by atoms with van der Waals surface area (Å²) in [6, 6.07) is 9.88. The van der Waals surface area contributed by atoms with E-state index >= 15 is 0 Å². The summed E-state index contributed by atoms with van der Waals surface area (Å²) in [4.78, 5) is 14.4. The van der Waals surface area contributed by atoms with Crippen molar-refractivity contribution < 1.29 is 18.1 Å². The molecule has 7 heteroatoms. The minimum absolute atomic E-state index is 0.0872. The fourth-order valence-corrected chi connectivity index (χ4v) is 5.23. The van der Waals surface area contributed by atoms with Crippen LogP contribution < -0.4 is 5.32 Å². The fraction of sp³-hybridized carbons (Fsp3) is 0.611. The van der Waals surface area contributed by atoms with Gasteiger partial charge in [0.1, 0.15) is 0 Å². The second kappa shape index (κ2) is 11.4. The van der Waals surface area contributed by atoms with Gasteiger partial charge in [0.15, 0.2) is 0 Å². The number of hydrogen-bond donors (Lipinski definition) is 1. The van der Waals surface area contributed by atoms with Crippen molar-refractivity contribution in [3.63, 3.8) is 0 Å². The molecule has 0 radical (unpaired) electrons. The monoisotopic (exact) mass is 368 g/mol. The molecule has 0 saturated heterocycles. The van der Waals surface area contributed by atoms with Crippen LogP contribution in [0.4, 0.5) is 0 Å². The average molecular weight is 369 g/mol. The van der Waals surface area contributed by atoms with E-state index in [1.165, 1.54) is 0 Å². The normalized spacial score (nSPS) is 13.0. The lowest BCUT2D eigenvalue weighted by Crippen LogP contribution is -2.50. The Hall–Kier alpha value is -1.25. The quantitative estimate of drug-likeness (QED) is 0.454. The van der Waals surface area contributed by atoms with Gasteiger partial charge in [0.05, 0.1) is 6.17 Å². The molecule has 142 valence electrons. The van der Waals surface area contributed by atoms with Crippen LogP contribution in [0.5, 0.6) is 0 Å². The number of nitrogens with zero attached hydrogens (tertiary/aromatic N) is 1. The lowest BCUT2D eigenvalue weighted by molar-refractivity contribution is 0.0664. The van der Waals surface area contributed by atoms with Crippen molar-refractivity contribution in [2.75, 3.05) is 33.9 Å². The minimum atomic E-state index is -2.71. The average Bonchev–Trinajstić information content (AvgIpc) is 2.59. The number of carbonyl (C=O) groups is 1. The first-order chi connectivity index (χ1) is 12.0. The van der Waals surface area contributed by atoms with Gasteiger partial charge < -0.3 is 18.6 Å². The van der Waals surface area contributed by atoms with E-state index in [1.807, 2.05) is 70.1 Å². The third-order valence-electron chi connectivity index (χ3n) is 3.77.